The lowest BCUT2D eigenvalue weighted by molar-refractivity contribution is -0.137. The summed E-state index contributed by atoms with van der Waals surface area (Å²) in [6, 6.07) is 10.9. The zero-order chi connectivity index (χ0) is 24.0. The number of ether oxygens (including phenoxy) is 1. The van der Waals surface area contributed by atoms with Crippen molar-refractivity contribution in [3.63, 3.8) is 0 Å². The number of carbonyl (C=O) groups is 1. The SMILES string of the molecule is C[C@@H]1CN(Cc2ccc(F)cc2)CCN1C(=O)COc1ccc(Cl)cc1NS(=O)(=O)CCN. The van der Waals surface area contributed by atoms with Crippen LogP contribution in [0.25, 0.3) is 0 Å². The molecular formula is C22H28ClFN4O4S. The van der Waals surface area contributed by atoms with E-state index in [4.69, 9.17) is 22.1 Å². The van der Waals surface area contributed by atoms with Crippen molar-refractivity contribution in [3.05, 3.63) is 58.9 Å². The molecule has 0 aromatic heterocycles. The minimum absolute atomic E-state index is 0.0321. The Labute approximate surface area is 198 Å². The second-order valence-corrected chi connectivity index (χ2v) is 10.2. The first kappa shape index (κ1) is 25.2. The van der Waals surface area contributed by atoms with Crippen LogP contribution in [0.2, 0.25) is 5.02 Å². The van der Waals surface area contributed by atoms with Crippen molar-refractivity contribution in [2.24, 2.45) is 5.73 Å². The van der Waals surface area contributed by atoms with Gasteiger partial charge in [0.1, 0.15) is 11.6 Å². The molecule has 1 amide bonds. The number of anilines is 1. The Bertz CT molecular complexity index is 1070. The van der Waals surface area contributed by atoms with Gasteiger partial charge >= 0.3 is 0 Å². The van der Waals surface area contributed by atoms with Crippen LogP contribution in [-0.2, 0) is 21.4 Å². The number of benzene rings is 2. The highest BCUT2D eigenvalue weighted by Crippen LogP contribution is 2.29. The largest absolute Gasteiger partial charge is 0.482 e. The monoisotopic (exact) mass is 498 g/mol. The average molecular weight is 499 g/mol. The fourth-order valence-corrected chi connectivity index (χ4v) is 4.78. The lowest BCUT2D eigenvalue weighted by Crippen LogP contribution is -2.54. The van der Waals surface area contributed by atoms with Crippen LogP contribution in [0, 0.1) is 5.82 Å². The molecule has 180 valence electrons. The van der Waals surface area contributed by atoms with Gasteiger partial charge in [-0.3, -0.25) is 14.4 Å². The van der Waals surface area contributed by atoms with Gasteiger partial charge in [-0.2, -0.15) is 0 Å². The van der Waals surface area contributed by atoms with Gasteiger partial charge in [0.05, 0.1) is 11.4 Å². The minimum atomic E-state index is -3.66. The van der Waals surface area contributed by atoms with Crippen molar-refractivity contribution in [2.45, 2.75) is 19.5 Å². The van der Waals surface area contributed by atoms with E-state index in [0.717, 1.165) is 5.56 Å². The fraction of sp³-hybridized carbons (Fsp3) is 0.409. The summed E-state index contributed by atoms with van der Waals surface area (Å²) in [6.45, 7) is 4.25. The summed E-state index contributed by atoms with van der Waals surface area (Å²) < 4.78 is 45.3. The molecule has 2 aromatic rings. The van der Waals surface area contributed by atoms with E-state index < -0.39 is 10.0 Å². The smallest absolute Gasteiger partial charge is 0.260 e. The molecule has 1 aliphatic heterocycles. The van der Waals surface area contributed by atoms with E-state index in [0.29, 0.717) is 31.2 Å². The molecule has 1 heterocycles. The van der Waals surface area contributed by atoms with Gasteiger partial charge in [0.15, 0.2) is 6.61 Å². The zero-order valence-corrected chi connectivity index (χ0v) is 19.9. The van der Waals surface area contributed by atoms with Crippen LogP contribution in [-0.4, -0.2) is 68.7 Å². The van der Waals surface area contributed by atoms with E-state index in [2.05, 4.69) is 9.62 Å². The summed E-state index contributed by atoms with van der Waals surface area (Å²) in [4.78, 5) is 16.8. The van der Waals surface area contributed by atoms with Crippen molar-refractivity contribution in [1.82, 2.24) is 9.80 Å². The normalized spacial score (nSPS) is 17.1. The number of carbonyl (C=O) groups excluding carboxylic acids is 1. The van der Waals surface area contributed by atoms with Crippen molar-refractivity contribution in [2.75, 3.05) is 43.3 Å². The van der Waals surface area contributed by atoms with Gasteiger partial charge in [0.25, 0.3) is 5.91 Å². The Kier molecular flexibility index (Phi) is 8.52. The molecule has 3 rings (SSSR count). The number of piperazine rings is 1. The zero-order valence-electron chi connectivity index (χ0n) is 18.3. The van der Waals surface area contributed by atoms with Crippen molar-refractivity contribution >= 4 is 33.2 Å². The lowest BCUT2D eigenvalue weighted by atomic mass is 10.1. The number of nitrogens with zero attached hydrogens (tertiary/aromatic N) is 2. The molecule has 33 heavy (non-hydrogen) atoms. The van der Waals surface area contributed by atoms with Gasteiger partial charge in [-0.05, 0) is 42.8 Å². The lowest BCUT2D eigenvalue weighted by Gasteiger charge is -2.39. The molecular weight excluding hydrogens is 471 g/mol. The van der Waals surface area contributed by atoms with Crippen LogP contribution >= 0.6 is 11.6 Å². The van der Waals surface area contributed by atoms with E-state index in [-0.39, 0.29) is 48.1 Å². The van der Waals surface area contributed by atoms with Crippen LogP contribution in [0.3, 0.4) is 0 Å². The summed E-state index contributed by atoms with van der Waals surface area (Å²) in [5, 5.41) is 0.324. The first-order valence-corrected chi connectivity index (χ1v) is 12.6. The second kappa shape index (κ2) is 11.1. The van der Waals surface area contributed by atoms with Crippen molar-refractivity contribution in [3.8, 4) is 5.75 Å². The number of amides is 1. The Morgan fingerprint density at radius 2 is 1.97 bits per heavy atom. The highest BCUT2D eigenvalue weighted by atomic mass is 35.5. The second-order valence-electron chi connectivity index (χ2n) is 7.94. The third-order valence-electron chi connectivity index (χ3n) is 5.30. The molecule has 0 radical (unpaired) electrons. The van der Waals surface area contributed by atoms with Gasteiger partial charge in [-0.15, -0.1) is 0 Å². The Morgan fingerprint density at radius 3 is 2.64 bits per heavy atom. The van der Waals surface area contributed by atoms with Crippen LogP contribution in [0.15, 0.2) is 42.5 Å². The summed E-state index contributed by atoms with van der Waals surface area (Å²) in [7, 11) is -3.66. The van der Waals surface area contributed by atoms with Gasteiger partial charge in [0, 0.05) is 43.8 Å². The number of hydrogen-bond donors (Lipinski definition) is 2. The van der Waals surface area contributed by atoms with Gasteiger partial charge in [0.2, 0.25) is 10.0 Å². The molecule has 1 fully saturated rings. The Hall–Kier alpha value is -2.40. The standard InChI is InChI=1S/C22H28ClFN4O4S/c1-16-13-27(14-17-2-5-19(24)6-3-17)9-10-28(16)22(29)15-32-21-7-4-18(23)12-20(21)26-33(30,31)11-8-25/h2-7,12,16,26H,8-11,13-15,25H2,1H3/t16-/m1/s1. The number of hydrogen-bond acceptors (Lipinski definition) is 6. The number of rotatable bonds is 9. The molecule has 0 unspecified atom stereocenters. The minimum Gasteiger partial charge on any atom is -0.482 e. The molecule has 0 spiro atoms. The molecule has 11 heteroatoms. The Balaban J connectivity index is 1.57. The quantitative estimate of drug-likeness (QED) is 0.549. The number of sulfonamides is 1. The number of nitrogens with one attached hydrogen (secondary N) is 1. The molecule has 8 nitrogen and oxygen atoms in total. The summed E-state index contributed by atoms with van der Waals surface area (Å²) in [5.74, 6) is -0.512. The van der Waals surface area contributed by atoms with E-state index in [1.54, 1.807) is 23.1 Å². The summed E-state index contributed by atoms with van der Waals surface area (Å²) >= 11 is 5.99. The first-order valence-electron chi connectivity index (χ1n) is 10.6. The van der Waals surface area contributed by atoms with Crippen LogP contribution in [0.5, 0.6) is 5.75 Å². The molecule has 1 aliphatic rings. The molecule has 3 N–H and O–H groups in total. The van der Waals surface area contributed by atoms with Crippen molar-refractivity contribution < 1.29 is 22.3 Å². The Morgan fingerprint density at radius 1 is 1.24 bits per heavy atom. The molecule has 1 atom stereocenters. The molecule has 0 bridgehead atoms. The van der Waals surface area contributed by atoms with Crippen LogP contribution in [0.1, 0.15) is 12.5 Å². The van der Waals surface area contributed by atoms with E-state index >= 15 is 0 Å². The van der Waals surface area contributed by atoms with E-state index in [1.165, 1.54) is 24.3 Å². The first-order chi connectivity index (χ1) is 15.7. The van der Waals surface area contributed by atoms with Gasteiger partial charge in [-0.1, -0.05) is 23.7 Å². The maximum Gasteiger partial charge on any atom is 0.260 e. The maximum absolute atomic E-state index is 13.1. The van der Waals surface area contributed by atoms with Crippen molar-refractivity contribution in [1.29, 1.82) is 0 Å². The molecule has 0 aliphatic carbocycles. The van der Waals surface area contributed by atoms with Gasteiger partial charge in [-0.25, -0.2) is 12.8 Å². The maximum atomic E-state index is 13.1. The highest BCUT2D eigenvalue weighted by Gasteiger charge is 2.28. The highest BCUT2D eigenvalue weighted by molar-refractivity contribution is 7.92. The number of halogens is 2. The molecule has 0 saturated carbocycles. The topological polar surface area (TPSA) is 105 Å². The third-order valence-corrected chi connectivity index (χ3v) is 6.84. The van der Waals surface area contributed by atoms with E-state index in [9.17, 15) is 17.6 Å². The van der Waals surface area contributed by atoms with Gasteiger partial charge < -0.3 is 15.4 Å². The molecule has 1 saturated heterocycles. The predicted molar refractivity (Wildman–Crippen MR) is 126 cm³/mol. The average Bonchev–Trinajstić information content (AvgIpc) is 2.74. The fourth-order valence-electron chi connectivity index (χ4n) is 3.70. The molecule has 2 aromatic carbocycles. The third kappa shape index (κ3) is 7.29. The summed E-state index contributed by atoms with van der Waals surface area (Å²) in [5.41, 5.74) is 6.51. The van der Waals surface area contributed by atoms with E-state index in [1.807, 2.05) is 6.92 Å². The number of nitrogens with two attached hydrogens (primary N) is 1. The summed E-state index contributed by atoms with van der Waals surface area (Å²) in [6.07, 6.45) is 0. The van der Waals surface area contributed by atoms with Crippen LogP contribution < -0.4 is 15.2 Å². The van der Waals surface area contributed by atoms with Crippen LogP contribution in [0.4, 0.5) is 10.1 Å². The predicted octanol–water partition coefficient (Wildman–Crippen LogP) is 2.29.